The number of aliphatic hydroxyl groups excluding tert-OH is 1. The topological polar surface area (TPSA) is 29.5 Å². The van der Waals surface area contributed by atoms with Crippen LogP contribution in [-0.2, 0) is 4.74 Å². The van der Waals surface area contributed by atoms with Crippen LogP contribution in [0.2, 0.25) is 0 Å². The molecule has 4 heteroatoms. The highest BCUT2D eigenvalue weighted by Crippen LogP contribution is 2.44. The van der Waals surface area contributed by atoms with Crippen molar-refractivity contribution in [1.29, 1.82) is 0 Å². The van der Waals surface area contributed by atoms with Crippen LogP contribution in [-0.4, -0.2) is 28.8 Å². The van der Waals surface area contributed by atoms with E-state index in [2.05, 4.69) is 0 Å². The predicted molar refractivity (Wildman–Crippen MR) is 79.4 cm³/mol. The van der Waals surface area contributed by atoms with Crippen molar-refractivity contribution in [1.82, 2.24) is 0 Å². The number of thioether (sulfide) groups is 1. The van der Waals surface area contributed by atoms with E-state index in [0.717, 1.165) is 42.9 Å². The molecule has 110 valence electrons. The number of halogens is 1. The van der Waals surface area contributed by atoms with E-state index in [1.807, 2.05) is 11.8 Å². The van der Waals surface area contributed by atoms with Gasteiger partial charge in [0.1, 0.15) is 5.82 Å². The van der Waals surface area contributed by atoms with Gasteiger partial charge >= 0.3 is 0 Å². The second kappa shape index (κ2) is 5.66. The predicted octanol–water partition coefficient (Wildman–Crippen LogP) is 3.47. The van der Waals surface area contributed by atoms with Crippen molar-refractivity contribution in [3.8, 4) is 0 Å². The van der Waals surface area contributed by atoms with Crippen LogP contribution in [0.1, 0.15) is 36.5 Å². The van der Waals surface area contributed by atoms with Gasteiger partial charge < -0.3 is 9.84 Å². The lowest BCUT2D eigenvalue weighted by molar-refractivity contribution is -0.102. The maximum atomic E-state index is 13.3. The van der Waals surface area contributed by atoms with Crippen molar-refractivity contribution in [2.45, 2.75) is 37.9 Å². The molecule has 0 aliphatic carbocycles. The molecule has 1 aromatic rings. The van der Waals surface area contributed by atoms with E-state index in [-0.39, 0.29) is 17.3 Å². The largest absolute Gasteiger partial charge is 0.388 e. The fourth-order valence-corrected chi connectivity index (χ4v) is 4.70. The molecule has 0 radical (unpaired) electrons. The first-order chi connectivity index (χ1) is 9.60. The molecule has 2 saturated heterocycles. The third kappa shape index (κ3) is 2.74. The van der Waals surface area contributed by atoms with Gasteiger partial charge in [-0.1, -0.05) is 12.1 Å². The molecule has 3 atom stereocenters. The molecule has 1 aromatic carbocycles. The maximum absolute atomic E-state index is 13.3. The highest BCUT2D eigenvalue weighted by atomic mass is 32.2. The minimum Gasteiger partial charge on any atom is -0.388 e. The average Bonchev–Trinajstić information content (AvgIpc) is 2.89. The third-order valence-electron chi connectivity index (χ3n) is 4.57. The van der Waals surface area contributed by atoms with Crippen molar-refractivity contribution in [2.75, 3.05) is 18.1 Å². The van der Waals surface area contributed by atoms with Gasteiger partial charge in [0.2, 0.25) is 0 Å². The summed E-state index contributed by atoms with van der Waals surface area (Å²) in [6.07, 6.45) is 2.37. The molecular formula is C16H21FO2S. The molecule has 20 heavy (non-hydrogen) atoms. The summed E-state index contributed by atoms with van der Waals surface area (Å²) in [5.41, 5.74) is 1.40. The van der Waals surface area contributed by atoms with Crippen molar-refractivity contribution in [2.24, 2.45) is 5.92 Å². The van der Waals surface area contributed by atoms with Gasteiger partial charge in [0.25, 0.3) is 0 Å². The Bertz CT molecular complexity index is 485. The fourth-order valence-electron chi connectivity index (χ4n) is 3.32. The Morgan fingerprint density at radius 2 is 2.35 bits per heavy atom. The van der Waals surface area contributed by atoms with Gasteiger partial charge in [-0.25, -0.2) is 4.39 Å². The van der Waals surface area contributed by atoms with Gasteiger partial charge in [-0.2, -0.15) is 11.8 Å². The maximum Gasteiger partial charge on any atom is 0.126 e. The lowest BCUT2D eigenvalue weighted by Crippen LogP contribution is -2.41. The van der Waals surface area contributed by atoms with Gasteiger partial charge in [0.15, 0.2) is 0 Å². The lowest BCUT2D eigenvalue weighted by atomic mass is 9.80. The van der Waals surface area contributed by atoms with E-state index in [4.69, 9.17) is 4.74 Å². The summed E-state index contributed by atoms with van der Waals surface area (Å²) >= 11 is 1.94. The molecule has 1 spiro atoms. The second-order valence-electron chi connectivity index (χ2n) is 6.04. The van der Waals surface area contributed by atoms with Crippen LogP contribution >= 0.6 is 11.8 Å². The van der Waals surface area contributed by atoms with Crippen LogP contribution in [0.4, 0.5) is 4.39 Å². The van der Waals surface area contributed by atoms with Crippen LogP contribution in [0.3, 0.4) is 0 Å². The highest BCUT2D eigenvalue weighted by molar-refractivity contribution is 7.99. The summed E-state index contributed by atoms with van der Waals surface area (Å²) in [4.78, 5) is 0. The summed E-state index contributed by atoms with van der Waals surface area (Å²) in [7, 11) is 0. The van der Waals surface area contributed by atoms with Gasteiger partial charge in [0, 0.05) is 12.4 Å². The van der Waals surface area contributed by atoms with E-state index in [0.29, 0.717) is 5.56 Å². The molecule has 2 aliphatic rings. The van der Waals surface area contributed by atoms with Crippen LogP contribution in [0.15, 0.2) is 18.2 Å². The minimum atomic E-state index is -0.513. The van der Waals surface area contributed by atoms with Gasteiger partial charge in [0.05, 0.1) is 11.7 Å². The summed E-state index contributed by atoms with van der Waals surface area (Å²) in [6, 6.07) is 4.93. The van der Waals surface area contributed by atoms with E-state index in [1.54, 1.807) is 19.1 Å². The summed E-state index contributed by atoms with van der Waals surface area (Å²) in [5.74, 6) is 2.20. The van der Waals surface area contributed by atoms with Crippen molar-refractivity contribution < 1.29 is 14.2 Å². The summed E-state index contributed by atoms with van der Waals surface area (Å²) < 4.78 is 19.3. The molecule has 1 N–H and O–H groups in total. The summed E-state index contributed by atoms with van der Waals surface area (Å²) in [5, 5.41) is 10.6. The number of aryl methyl sites for hydroxylation is 1. The number of aliphatic hydroxyl groups is 1. The zero-order chi connectivity index (χ0) is 14.2. The molecule has 2 nitrogen and oxygen atoms in total. The van der Waals surface area contributed by atoms with Crippen molar-refractivity contribution >= 4 is 11.8 Å². The Labute approximate surface area is 123 Å². The quantitative estimate of drug-likeness (QED) is 0.906. The van der Waals surface area contributed by atoms with Crippen LogP contribution < -0.4 is 0 Å². The van der Waals surface area contributed by atoms with Crippen LogP contribution in [0, 0.1) is 18.7 Å². The normalized spacial score (nSPS) is 31.6. The number of benzene rings is 1. The molecule has 3 unspecified atom stereocenters. The van der Waals surface area contributed by atoms with Gasteiger partial charge in [-0.05, 0) is 55.1 Å². The smallest absolute Gasteiger partial charge is 0.126 e. The second-order valence-corrected chi connectivity index (χ2v) is 7.15. The molecule has 3 rings (SSSR count). The van der Waals surface area contributed by atoms with Gasteiger partial charge in [-0.3, -0.25) is 0 Å². The Hall–Kier alpha value is -0.580. The SMILES string of the molecule is Cc1cc(C(O)C2CCOC3(CCSC3)C2)ccc1F. The lowest BCUT2D eigenvalue weighted by Gasteiger charge is -2.39. The minimum absolute atomic E-state index is 0.0242. The molecular weight excluding hydrogens is 275 g/mol. The van der Waals surface area contributed by atoms with Gasteiger partial charge in [-0.15, -0.1) is 0 Å². The van der Waals surface area contributed by atoms with Crippen molar-refractivity contribution in [3.05, 3.63) is 35.1 Å². The van der Waals surface area contributed by atoms with E-state index in [1.165, 1.54) is 6.07 Å². The fraction of sp³-hybridized carbons (Fsp3) is 0.625. The monoisotopic (exact) mass is 296 g/mol. The average molecular weight is 296 g/mol. The first-order valence-electron chi connectivity index (χ1n) is 7.25. The first kappa shape index (κ1) is 14.4. The Morgan fingerprint density at radius 1 is 1.50 bits per heavy atom. The Kier molecular flexibility index (Phi) is 4.07. The first-order valence-corrected chi connectivity index (χ1v) is 8.41. The number of ether oxygens (including phenoxy) is 1. The zero-order valence-corrected chi connectivity index (χ0v) is 12.6. The molecule has 0 bridgehead atoms. The van der Waals surface area contributed by atoms with E-state index in [9.17, 15) is 9.50 Å². The molecule has 0 amide bonds. The Balaban J connectivity index is 1.75. The Morgan fingerprint density at radius 3 is 3.05 bits per heavy atom. The van der Waals surface area contributed by atoms with Crippen LogP contribution in [0.25, 0.3) is 0 Å². The zero-order valence-electron chi connectivity index (χ0n) is 11.8. The van der Waals surface area contributed by atoms with Crippen molar-refractivity contribution in [3.63, 3.8) is 0 Å². The highest BCUT2D eigenvalue weighted by Gasteiger charge is 2.42. The molecule has 2 aliphatic heterocycles. The number of hydrogen-bond acceptors (Lipinski definition) is 3. The van der Waals surface area contributed by atoms with E-state index < -0.39 is 6.10 Å². The molecule has 0 aromatic heterocycles. The number of rotatable bonds is 2. The third-order valence-corrected chi connectivity index (χ3v) is 5.79. The number of hydrogen-bond donors (Lipinski definition) is 1. The van der Waals surface area contributed by atoms with E-state index >= 15 is 0 Å². The molecule has 2 fully saturated rings. The van der Waals surface area contributed by atoms with Crippen LogP contribution in [0.5, 0.6) is 0 Å². The standard InChI is InChI=1S/C16H21FO2S/c1-11-8-12(2-3-14(11)17)15(18)13-4-6-19-16(9-13)5-7-20-10-16/h2-3,8,13,15,18H,4-7,9-10H2,1H3. The summed E-state index contributed by atoms with van der Waals surface area (Å²) in [6.45, 7) is 2.47. The molecule has 0 saturated carbocycles. The molecule has 2 heterocycles.